The van der Waals surface area contributed by atoms with Gasteiger partial charge in [0.25, 0.3) is 5.91 Å². The van der Waals surface area contributed by atoms with Crippen molar-refractivity contribution in [3.8, 4) is 0 Å². The molecule has 37 heavy (non-hydrogen) atoms. The number of carbonyl (C=O) groups excluding carboxylic acids is 2. The zero-order chi connectivity index (χ0) is 26.7. The zero-order valence-electron chi connectivity index (χ0n) is 22.0. The molecule has 2 aromatic carbocycles. The van der Waals surface area contributed by atoms with Crippen molar-refractivity contribution in [1.29, 1.82) is 0 Å². The van der Waals surface area contributed by atoms with Crippen molar-refractivity contribution < 1.29 is 23.1 Å². The minimum atomic E-state index is -4.14. The van der Waals surface area contributed by atoms with Gasteiger partial charge in [-0.1, -0.05) is 75.4 Å². The van der Waals surface area contributed by atoms with Crippen molar-refractivity contribution in [3.63, 3.8) is 0 Å². The number of hydrogen-bond acceptors (Lipinski definition) is 5. The van der Waals surface area contributed by atoms with Gasteiger partial charge in [0, 0.05) is 12.1 Å². The van der Waals surface area contributed by atoms with E-state index in [0.29, 0.717) is 22.3 Å². The standard InChI is InChI=1S/C29H38N2O5S/c1-4-21-11-8-12-23(17-21)18-26-28(33)31(37(35,36)20(2)3)29(34)30(26)25-15-13-24(14-16-25)27(32)19-22-9-6-5-7-10-22/h8,11-17,20,22,26-27,32H,4-7,9-10,18-19H2,1-3H3. The largest absolute Gasteiger partial charge is 0.388 e. The van der Waals surface area contributed by atoms with Crippen LogP contribution in [0.25, 0.3) is 0 Å². The predicted molar refractivity (Wildman–Crippen MR) is 145 cm³/mol. The van der Waals surface area contributed by atoms with Crippen molar-refractivity contribution in [1.82, 2.24) is 4.31 Å². The Morgan fingerprint density at radius 2 is 1.62 bits per heavy atom. The number of amides is 3. The van der Waals surface area contributed by atoms with E-state index in [2.05, 4.69) is 0 Å². The Balaban J connectivity index is 1.63. The summed E-state index contributed by atoms with van der Waals surface area (Å²) in [6.45, 7) is 4.96. The third kappa shape index (κ3) is 5.75. The number of carbonyl (C=O) groups is 2. The van der Waals surface area contributed by atoms with Gasteiger partial charge in [-0.3, -0.25) is 9.69 Å². The normalized spacial score (nSPS) is 20.2. The SMILES string of the molecule is CCc1cccc(CC2C(=O)N(S(=O)(=O)C(C)C)C(=O)N2c2ccc(C(O)CC3CCCCC3)cc2)c1. The molecular weight excluding hydrogens is 488 g/mol. The summed E-state index contributed by atoms with van der Waals surface area (Å²) in [5.74, 6) is -0.221. The molecule has 2 atom stereocenters. The maximum Gasteiger partial charge on any atom is 0.346 e. The lowest BCUT2D eigenvalue weighted by Gasteiger charge is -2.25. The molecule has 1 aliphatic carbocycles. The molecule has 0 radical (unpaired) electrons. The van der Waals surface area contributed by atoms with Crippen LogP contribution in [0.1, 0.15) is 82.1 Å². The van der Waals surface area contributed by atoms with Crippen LogP contribution in [0.4, 0.5) is 10.5 Å². The molecule has 2 aliphatic rings. The Morgan fingerprint density at radius 1 is 0.973 bits per heavy atom. The Kier molecular flexibility index (Phi) is 8.39. The summed E-state index contributed by atoms with van der Waals surface area (Å²) in [6.07, 6.45) is 7.09. The molecule has 8 heteroatoms. The van der Waals surface area contributed by atoms with Gasteiger partial charge in [-0.2, -0.15) is 4.31 Å². The van der Waals surface area contributed by atoms with Gasteiger partial charge in [0.15, 0.2) is 0 Å². The van der Waals surface area contributed by atoms with Crippen molar-refractivity contribution in [2.24, 2.45) is 5.92 Å². The number of anilines is 1. The number of aryl methyl sites for hydroxylation is 1. The van der Waals surface area contributed by atoms with Gasteiger partial charge in [-0.15, -0.1) is 0 Å². The van der Waals surface area contributed by atoms with E-state index in [4.69, 9.17) is 0 Å². The summed E-state index contributed by atoms with van der Waals surface area (Å²) in [5, 5.41) is 9.89. The van der Waals surface area contributed by atoms with Crippen LogP contribution in [0.2, 0.25) is 0 Å². The first-order valence-electron chi connectivity index (χ1n) is 13.4. The number of aliphatic hydroxyl groups excluding tert-OH is 1. The molecular formula is C29H38N2O5S. The highest BCUT2D eigenvalue weighted by Gasteiger charge is 2.52. The second kappa shape index (κ2) is 11.4. The van der Waals surface area contributed by atoms with Gasteiger partial charge in [0.05, 0.1) is 11.4 Å². The first kappa shape index (κ1) is 27.3. The van der Waals surface area contributed by atoms with Gasteiger partial charge >= 0.3 is 6.03 Å². The van der Waals surface area contributed by atoms with Crippen LogP contribution in [0, 0.1) is 5.92 Å². The van der Waals surface area contributed by atoms with Gasteiger partial charge < -0.3 is 5.11 Å². The van der Waals surface area contributed by atoms with E-state index in [9.17, 15) is 23.1 Å². The summed E-state index contributed by atoms with van der Waals surface area (Å²) in [6, 6.07) is 12.9. The lowest BCUT2D eigenvalue weighted by molar-refractivity contribution is -0.123. The van der Waals surface area contributed by atoms with E-state index in [1.807, 2.05) is 31.2 Å². The van der Waals surface area contributed by atoms with Gasteiger partial charge in [-0.25, -0.2) is 13.2 Å². The molecule has 2 aromatic rings. The van der Waals surface area contributed by atoms with Crippen molar-refractivity contribution in [3.05, 3.63) is 65.2 Å². The lowest BCUT2D eigenvalue weighted by atomic mass is 9.84. The molecule has 1 heterocycles. The lowest BCUT2D eigenvalue weighted by Crippen LogP contribution is -2.41. The van der Waals surface area contributed by atoms with Gasteiger partial charge in [0.2, 0.25) is 10.0 Å². The minimum Gasteiger partial charge on any atom is -0.388 e. The van der Waals surface area contributed by atoms with Crippen LogP contribution < -0.4 is 4.90 Å². The Morgan fingerprint density at radius 3 is 2.24 bits per heavy atom. The molecule has 7 nitrogen and oxygen atoms in total. The van der Waals surface area contributed by atoms with E-state index in [1.165, 1.54) is 38.0 Å². The molecule has 1 aliphatic heterocycles. The summed E-state index contributed by atoms with van der Waals surface area (Å²) >= 11 is 0. The molecule has 1 N–H and O–H groups in total. The number of nitrogens with zero attached hydrogens (tertiary/aromatic N) is 2. The number of urea groups is 1. The predicted octanol–water partition coefficient (Wildman–Crippen LogP) is 5.37. The fraction of sp³-hybridized carbons (Fsp3) is 0.517. The van der Waals surface area contributed by atoms with E-state index >= 15 is 0 Å². The van der Waals surface area contributed by atoms with E-state index in [1.54, 1.807) is 24.3 Å². The van der Waals surface area contributed by atoms with Crippen LogP contribution in [-0.4, -0.2) is 41.1 Å². The molecule has 3 amide bonds. The van der Waals surface area contributed by atoms with E-state index in [0.717, 1.165) is 36.0 Å². The highest BCUT2D eigenvalue weighted by Crippen LogP contribution is 2.34. The number of aliphatic hydroxyl groups is 1. The van der Waals surface area contributed by atoms with E-state index in [-0.39, 0.29) is 6.42 Å². The van der Waals surface area contributed by atoms with Gasteiger partial charge in [0.1, 0.15) is 6.04 Å². The second-order valence-electron chi connectivity index (χ2n) is 10.6. The average molecular weight is 527 g/mol. The summed E-state index contributed by atoms with van der Waals surface area (Å²) < 4.78 is 26.4. The maximum atomic E-state index is 13.5. The van der Waals surface area contributed by atoms with Crippen LogP contribution in [0.5, 0.6) is 0 Å². The first-order chi connectivity index (χ1) is 17.6. The van der Waals surface area contributed by atoms with Crippen LogP contribution >= 0.6 is 0 Å². The highest BCUT2D eigenvalue weighted by atomic mass is 32.2. The second-order valence-corrected chi connectivity index (χ2v) is 12.9. The van der Waals surface area contributed by atoms with E-state index < -0.39 is 39.4 Å². The van der Waals surface area contributed by atoms with Gasteiger partial charge in [-0.05, 0) is 61.4 Å². The molecule has 0 spiro atoms. The highest BCUT2D eigenvalue weighted by molar-refractivity contribution is 7.90. The van der Waals surface area contributed by atoms with Crippen molar-refractivity contribution in [2.45, 2.75) is 89.5 Å². The fourth-order valence-electron chi connectivity index (χ4n) is 5.42. The summed E-state index contributed by atoms with van der Waals surface area (Å²) in [5.41, 5.74) is 3.15. The molecule has 2 unspecified atom stereocenters. The summed E-state index contributed by atoms with van der Waals surface area (Å²) in [4.78, 5) is 28.2. The number of hydrogen-bond donors (Lipinski definition) is 1. The average Bonchev–Trinajstić information content (AvgIpc) is 3.14. The number of benzene rings is 2. The smallest absolute Gasteiger partial charge is 0.346 e. The summed E-state index contributed by atoms with van der Waals surface area (Å²) in [7, 11) is -4.14. The number of imide groups is 1. The number of rotatable bonds is 9. The van der Waals surface area contributed by atoms with Crippen LogP contribution in [0.3, 0.4) is 0 Å². The molecule has 1 saturated carbocycles. The Bertz CT molecular complexity index is 1220. The van der Waals surface area contributed by atoms with Crippen molar-refractivity contribution in [2.75, 3.05) is 4.90 Å². The first-order valence-corrected chi connectivity index (χ1v) is 14.9. The quantitative estimate of drug-likeness (QED) is 0.443. The Hall–Kier alpha value is -2.71. The minimum absolute atomic E-state index is 0.203. The van der Waals surface area contributed by atoms with Crippen LogP contribution in [-0.2, 0) is 27.7 Å². The zero-order valence-corrected chi connectivity index (χ0v) is 22.8. The van der Waals surface area contributed by atoms with Crippen molar-refractivity contribution >= 4 is 27.6 Å². The molecule has 0 bridgehead atoms. The molecule has 2 fully saturated rings. The van der Waals surface area contributed by atoms with Crippen LogP contribution in [0.15, 0.2) is 48.5 Å². The Labute approximate surface area is 220 Å². The topological polar surface area (TPSA) is 95.0 Å². The molecule has 4 rings (SSSR count). The third-order valence-electron chi connectivity index (χ3n) is 7.69. The maximum absolute atomic E-state index is 13.5. The third-order valence-corrected chi connectivity index (χ3v) is 9.73. The molecule has 0 aromatic heterocycles. The number of sulfonamides is 1. The fourth-order valence-corrected chi connectivity index (χ4v) is 6.52. The molecule has 1 saturated heterocycles. The molecule has 200 valence electrons. The monoisotopic (exact) mass is 526 g/mol.